The van der Waals surface area contributed by atoms with E-state index in [0.717, 1.165) is 6.42 Å². The molecule has 0 aromatic heterocycles. The average molecular weight is 264 g/mol. The Bertz CT molecular complexity index is 379. The van der Waals surface area contributed by atoms with Crippen molar-refractivity contribution < 1.29 is 9.90 Å². The maximum absolute atomic E-state index is 11.8. The molecule has 1 aromatic carbocycles. The highest BCUT2D eigenvalue weighted by Gasteiger charge is 2.16. The number of carbonyl (C=O) groups excluding carboxylic acids is 1. The molecule has 0 bridgehead atoms. The van der Waals surface area contributed by atoms with Crippen LogP contribution in [-0.4, -0.2) is 29.2 Å². The summed E-state index contributed by atoms with van der Waals surface area (Å²) in [6.45, 7) is 3.58. The summed E-state index contributed by atoms with van der Waals surface area (Å²) >= 11 is 0. The van der Waals surface area contributed by atoms with Crippen LogP contribution in [0.15, 0.2) is 30.3 Å². The summed E-state index contributed by atoms with van der Waals surface area (Å²) in [4.78, 5) is 11.8. The summed E-state index contributed by atoms with van der Waals surface area (Å²) in [6.07, 6.45) is 1.53. The lowest BCUT2D eigenvalue weighted by Gasteiger charge is -2.18. The second kappa shape index (κ2) is 7.92. The molecular formula is C15H24N2O2. The average Bonchev–Trinajstić information content (AvgIpc) is 2.36. The van der Waals surface area contributed by atoms with Gasteiger partial charge in [-0.25, -0.2) is 0 Å². The number of carbonyl (C=O) groups is 1. The highest BCUT2D eigenvalue weighted by atomic mass is 16.3. The molecule has 106 valence electrons. The SMILES string of the molecule is CC(O)CC(C)NC(=O)C(N)CCc1ccccc1. The van der Waals surface area contributed by atoms with E-state index in [1.165, 1.54) is 5.56 Å². The Balaban J connectivity index is 2.32. The monoisotopic (exact) mass is 264 g/mol. The first-order valence-corrected chi connectivity index (χ1v) is 6.77. The van der Waals surface area contributed by atoms with Crippen LogP contribution in [0.5, 0.6) is 0 Å². The van der Waals surface area contributed by atoms with Crippen molar-refractivity contribution >= 4 is 5.91 Å². The standard InChI is InChI=1S/C15H24N2O2/c1-11(10-12(2)18)17-15(19)14(16)9-8-13-6-4-3-5-7-13/h3-7,11-12,14,18H,8-10,16H2,1-2H3,(H,17,19). The molecule has 0 aliphatic carbocycles. The highest BCUT2D eigenvalue weighted by Crippen LogP contribution is 2.05. The smallest absolute Gasteiger partial charge is 0.237 e. The Morgan fingerprint density at radius 3 is 2.53 bits per heavy atom. The van der Waals surface area contributed by atoms with Gasteiger partial charge >= 0.3 is 0 Å². The zero-order chi connectivity index (χ0) is 14.3. The van der Waals surface area contributed by atoms with Gasteiger partial charge in [0.05, 0.1) is 12.1 Å². The van der Waals surface area contributed by atoms with Gasteiger partial charge < -0.3 is 16.2 Å². The summed E-state index contributed by atoms with van der Waals surface area (Å²) in [5.41, 5.74) is 7.05. The molecule has 0 radical (unpaired) electrons. The Labute approximate surface area is 115 Å². The van der Waals surface area contributed by atoms with Crippen molar-refractivity contribution in [3.8, 4) is 0 Å². The van der Waals surface area contributed by atoms with Crippen molar-refractivity contribution in [3.63, 3.8) is 0 Å². The molecule has 0 heterocycles. The molecule has 3 atom stereocenters. The van der Waals surface area contributed by atoms with Gasteiger partial charge in [0, 0.05) is 6.04 Å². The summed E-state index contributed by atoms with van der Waals surface area (Å²) in [7, 11) is 0. The molecule has 19 heavy (non-hydrogen) atoms. The molecule has 4 N–H and O–H groups in total. The number of aliphatic hydroxyl groups excluding tert-OH is 1. The van der Waals surface area contributed by atoms with Crippen LogP contribution in [0.3, 0.4) is 0 Å². The van der Waals surface area contributed by atoms with Gasteiger partial charge in [0.2, 0.25) is 5.91 Å². The molecule has 0 aliphatic heterocycles. The van der Waals surface area contributed by atoms with Crippen LogP contribution in [0.4, 0.5) is 0 Å². The van der Waals surface area contributed by atoms with Gasteiger partial charge in [-0.3, -0.25) is 4.79 Å². The molecule has 4 heteroatoms. The Morgan fingerprint density at radius 2 is 1.95 bits per heavy atom. The lowest BCUT2D eigenvalue weighted by atomic mass is 10.0. The topological polar surface area (TPSA) is 75.3 Å². The minimum Gasteiger partial charge on any atom is -0.393 e. The summed E-state index contributed by atoms with van der Waals surface area (Å²) in [6, 6.07) is 9.42. The predicted octanol–water partition coefficient (Wildman–Crippen LogP) is 1.22. The van der Waals surface area contributed by atoms with Crippen molar-refractivity contribution in [2.24, 2.45) is 5.73 Å². The quantitative estimate of drug-likeness (QED) is 0.693. The van der Waals surface area contributed by atoms with Gasteiger partial charge in [0.1, 0.15) is 0 Å². The molecule has 0 saturated heterocycles. The number of nitrogens with one attached hydrogen (secondary N) is 1. The third kappa shape index (κ3) is 6.36. The van der Waals surface area contributed by atoms with E-state index < -0.39 is 12.1 Å². The Kier molecular flexibility index (Phi) is 6.53. The van der Waals surface area contributed by atoms with Crippen LogP contribution in [-0.2, 0) is 11.2 Å². The Morgan fingerprint density at radius 1 is 1.32 bits per heavy atom. The fraction of sp³-hybridized carbons (Fsp3) is 0.533. The van der Waals surface area contributed by atoms with E-state index in [1.807, 2.05) is 37.3 Å². The van der Waals surface area contributed by atoms with Gasteiger partial charge in [-0.2, -0.15) is 0 Å². The summed E-state index contributed by atoms with van der Waals surface area (Å²) in [5, 5.41) is 12.1. The molecular weight excluding hydrogens is 240 g/mol. The van der Waals surface area contributed by atoms with Gasteiger partial charge in [-0.1, -0.05) is 30.3 Å². The van der Waals surface area contributed by atoms with E-state index in [1.54, 1.807) is 6.92 Å². The van der Waals surface area contributed by atoms with E-state index in [2.05, 4.69) is 5.32 Å². The number of amides is 1. The number of hydrogen-bond donors (Lipinski definition) is 3. The van der Waals surface area contributed by atoms with E-state index in [0.29, 0.717) is 12.8 Å². The number of aliphatic hydroxyl groups is 1. The van der Waals surface area contributed by atoms with Crippen LogP contribution in [0, 0.1) is 0 Å². The molecule has 1 aromatic rings. The molecule has 1 amide bonds. The first kappa shape index (κ1) is 15.7. The van der Waals surface area contributed by atoms with Crippen LogP contribution in [0.25, 0.3) is 0 Å². The second-order valence-corrected chi connectivity index (χ2v) is 5.13. The van der Waals surface area contributed by atoms with Crippen molar-refractivity contribution in [1.82, 2.24) is 5.32 Å². The van der Waals surface area contributed by atoms with E-state index in [9.17, 15) is 9.90 Å². The molecule has 0 fully saturated rings. The first-order valence-electron chi connectivity index (χ1n) is 6.77. The van der Waals surface area contributed by atoms with Crippen LogP contribution < -0.4 is 11.1 Å². The van der Waals surface area contributed by atoms with Crippen molar-refractivity contribution in [3.05, 3.63) is 35.9 Å². The first-order chi connectivity index (χ1) is 8.99. The predicted molar refractivity (Wildman–Crippen MR) is 76.6 cm³/mol. The number of aryl methyl sites for hydroxylation is 1. The zero-order valence-electron chi connectivity index (χ0n) is 11.7. The third-order valence-electron chi connectivity index (χ3n) is 3.01. The number of nitrogens with two attached hydrogens (primary N) is 1. The fourth-order valence-electron chi connectivity index (χ4n) is 2.02. The van der Waals surface area contributed by atoms with E-state index >= 15 is 0 Å². The maximum atomic E-state index is 11.8. The largest absolute Gasteiger partial charge is 0.393 e. The molecule has 0 aliphatic rings. The summed E-state index contributed by atoms with van der Waals surface area (Å²) < 4.78 is 0. The third-order valence-corrected chi connectivity index (χ3v) is 3.01. The van der Waals surface area contributed by atoms with Gasteiger partial charge in [0.25, 0.3) is 0 Å². The second-order valence-electron chi connectivity index (χ2n) is 5.13. The fourth-order valence-corrected chi connectivity index (χ4v) is 2.02. The normalized spacial score (nSPS) is 15.6. The molecule has 0 saturated carbocycles. The van der Waals surface area contributed by atoms with Gasteiger partial charge in [0.15, 0.2) is 0 Å². The maximum Gasteiger partial charge on any atom is 0.237 e. The van der Waals surface area contributed by atoms with E-state index in [4.69, 9.17) is 5.73 Å². The van der Waals surface area contributed by atoms with Crippen LogP contribution in [0.2, 0.25) is 0 Å². The van der Waals surface area contributed by atoms with Crippen molar-refractivity contribution in [1.29, 1.82) is 0 Å². The van der Waals surface area contributed by atoms with Gasteiger partial charge in [-0.15, -0.1) is 0 Å². The van der Waals surface area contributed by atoms with E-state index in [-0.39, 0.29) is 11.9 Å². The van der Waals surface area contributed by atoms with Crippen molar-refractivity contribution in [2.45, 2.75) is 51.3 Å². The number of rotatable bonds is 7. The number of hydrogen-bond acceptors (Lipinski definition) is 3. The molecule has 3 unspecified atom stereocenters. The Hall–Kier alpha value is -1.39. The lowest BCUT2D eigenvalue weighted by Crippen LogP contribution is -2.45. The minimum absolute atomic E-state index is 0.0599. The zero-order valence-corrected chi connectivity index (χ0v) is 11.7. The molecule has 0 spiro atoms. The van der Waals surface area contributed by atoms with Crippen LogP contribution in [0.1, 0.15) is 32.3 Å². The molecule has 4 nitrogen and oxygen atoms in total. The van der Waals surface area contributed by atoms with Gasteiger partial charge in [-0.05, 0) is 38.7 Å². The summed E-state index contributed by atoms with van der Waals surface area (Å²) in [5.74, 6) is -0.149. The molecule has 1 rings (SSSR count). The van der Waals surface area contributed by atoms with Crippen molar-refractivity contribution in [2.75, 3.05) is 0 Å². The van der Waals surface area contributed by atoms with Crippen LogP contribution >= 0.6 is 0 Å². The number of benzene rings is 1. The highest BCUT2D eigenvalue weighted by molar-refractivity contribution is 5.81. The lowest BCUT2D eigenvalue weighted by molar-refractivity contribution is -0.123. The minimum atomic E-state index is -0.503.